The van der Waals surface area contributed by atoms with Crippen molar-refractivity contribution in [3.63, 3.8) is 0 Å². The molecule has 6 heteroatoms. The fourth-order valence-corrected chi connectivity index (χ4v) is 5.91. The molecule has 0 radical (unpaired) electrons. The number of para-hydroxylation sites is 1. The molecule has 0 saturated carbocycles. The van der Waals surface area contributed by atoms with E-state index in [-0.39, 0.29) is 22.7 Å². The average Bonchev–Trinajstić information content (AvgIpc) is 3.20. The van der Waals surface area contributed by atoms with Gasteiger partial charge >= 0.3 is 0 Å². The van der Waals surface area contributed by atoms with Crippen LogP contribution in [-0.4, -0.2) is 5.78 Å². The summed E-state index contributed by atoms with van der Waals surface area (Å²) in [5, 5.41) is 10.1. The number of halogens is 1. The summed E-state index contributed by atoms with van der Waals surface area (Å²) in [5.74, 6) is -0.726. The number of benzene rings is 1. The fraction of sp³-hybridized carbons (Fsp3) is 0.385. The Hall–Kier alpha value is -2.91. The van der Waals surface area contributed by atoms with Crippen LogP contribution in [0.15, 0.2) is 59.1 Å². The molecule has 4 rings (SSSR count). The lowest BCUT2D eigenvalue weighted by Crippen LogP contribution is -2.42. The van der Waals surface area contributed by atoms with Crippen LogP contribution in [0.4, 0.5) is 10.1 Å². The summed E-state index contributed by atoms with van der Waals surface area (Å²) in [6.07, 6.45) is 4.14. The minimum Gasteiger partial charge on any atom is -0.384 e. The van der Waals surface area contributed by atoms with Crippen LogP contribution in [0.5, 0.6) is 0 Å². The number of aryl methyl sites for hydroxylation is 1. The summed E-state index contributed by atoms with van der Waals surface area (Å²) in [7, 11) is 0. The minimum atomic E-state index is -0.498. The Morgan fingerprint density at radius 3 is 2.69 bits per heavy atom. The van der Waals surface area contributed by atoms with E-state index in [1.807, 2.05) is 19.9 Å². The second kappa shape index (κ2) is 8.55. The summed E-state index contributed by atoms with van der Waals surface area (Å²) >= 11 is 1.64. The monoisotopic (exact) mass is 449 g/mol. The number of carbonyl (C=O) groups is 1. The molecule has 166 valence electrons. The number of unbranched alkanes of at least 4 members (excludes halogenated alkanes) is 1. The molecule has 0 amide bonds. The van der Waals surface area contributed by atoms with E-state index in [1.54, 1.807) is 34.4 Å². The van der Waals surface area contributed by atoms with Gasteiger partial charge in [-0.25, -0.2) is 4.39 Å². The van der Waals surface area contributed by atoms with E-state index < -0.39 is 11.7 Å². The van der Waals surface area contributed by atoms with E-state index in [9.17, 15) is 14.4 Å². The van der Waals surface area contributed by atoms with E-state index in [2.05, 4.69) is 19.1 Å². The number of Topliss-reactive ketones (excluding diaryl/α,β-unsaturated/α-hetero) is 1. The highest BCUT2D eigenvalue weighted by Gasteiger charge is 2.45. The molecule has 0 fully saturated rings. The van der Waals surface area contributed by atoms with Crippen LogP contribution in [0.2, 0.25) is 0 Å². The first kappa shape index (κ1) is 22.3. The molecule has 2 heterocycles. The number of rotatable bonds is 5. The van der Waals surface area contributed by atoms with E-state index in [0.29, 0.717) is 29.7 Å². The number of carbonyl (C=O) groups excluding carboxylic acids is 1. The van der Waals surface area contributed by atoms with Gasteiger partial charge in [-0.2, -0.15) is 5.26 Å². The third kappa shape index (κ3) is 3.86. The van der Waals surface area contributed by atoms with Gasteiger partial charge in [0.05, 0.1) is 23.2 Å². The topological polar surface area (TPSA) is 70.1 Å². The molecule has 0 bridgehead atoms. The number of allylic oxidation sites excluding steroid dienone is 3. The van der Waals surface area contributed by atoms with Crippen LogP contribution in [0.1, 0.15) is 62.1 Å². The van der Waals surface area contributed by atoms with Crippen LogP contribution >= 0.6 is 11.3 Å². The van der Waals surface area contributed by atoms with Crippen molar-refractivity contribution in [2.24, 2.45) is 11.1 Å². The van der Waals surface area contributed by atoms with Crippen LogP contribution in [0.25, 0.3) is 0 Å². The molecule has 2 N–H and O–H groups in total. The Labute approximate surface area is 192 Å². The fourth-order valence-electron chi connectivity index (χ4n) is 4.74. The second-order valence-corrected chi connectivity index (χ2v) is 10.5. The highest BCUT2D eigenvalue weighted by atomic mass is 32.1. The zero-order valence-corrected chi connectivity index (χ0v) is 19.6. The SMILES string of the molecule is CCCCc1ccc(C2C(C#N)=C(N)N(c3ccccc3F)C3=C2C(=O)CC(C)(C)C3)s1. The molecule has 2 aliphatic rings. The van der Waals surface area contributed by atoms with Crippen molar-refractivity contribution in [3.05, 3.63) is 74.6 Å². The second-order valence-electron chi connectivity index (χ2n) is 9.34. The van der Waals surface area contributed by atoms with Crippen molar-refractivity contribution in [3.8, 4) is 6.07 Å². The van der Waals surface area contributed by atoms with Gasteiger partial charge in [0.2, 0.25) is 0 Å². The largest absolute Gasteiger partial charge is 0.384 e. The molecular formula is C26H28FN3OS. The molecule has 0 saturated heterocycles. The molecule has 1 unspecified atom stereocenters. The van der Waals surface area contributed by atoms with Gasteiger partial charge in [-0.1, -0.05) is 39.3 Å². The van der Waals surface area contributed by atoms with Gasteiger partial charge in [0.15, 0.2) is 5.78 Å². The molecule has 1 aromatic carbocycles. The van der Waals surface area contributed by atoms with Gasteiger partial charge in [-0.15, -0.1) is 11.3 Å². The number of nitriles is 1. The lowest BCUT2D eigenvalue weighted by atomic mass is 9.69. The first-order valence-corrected chi connectivity index (χ1v) is 11.9. The molecule has 1 aliphatic carbocycles. The van der Waals surface area contributed by atoms with Crippen molar-refractivity contribution >= 4 is 22.8 Å². The number of ketones is 1. The Kier molecular flexibility index (Phi) is 5.96. The van der Waals surface area contributed by atoms with Gasteiger partial charge in [0.1, 0.15) is 11.6 Å². The molecule has 1 aromatic heterocycles. The molecule has 0 spiro atoms. The maximum Gasteiger partial charge on any atom is 0.162 e. The standard InChI is InChI=1S/C26H28FN3OS/c1-4-5-8-16-11-12-22(32-16)23-17(15-28)25(29)30(19-10-7-6-9-18(19)27)20-13-26(2,3)14-21(31)24(20)23/h6-7,9-12,23H,4-5,8,13-14,29H2,1-3H3. The zero-order valence-electron chi connectivity index (χ0n) is 18.7. The van der Waals surface area contributed by atoms with Gasteiger partial charge in [-0.05, 0) is 48.9 Å². The predicted molar refractivity (Wildman–Crippen MR) is 126 cm³/mol. The Bertz CT molecular complexity index is 1170. The summed E-state index contributed by atoms with van der Waals surface area (Å²) in [6.45, 7) is 6.23. The van der Waals surface area contributed by atoms with Crippen LogP contribution < -0.4 is 10.6 Å². The molecular weight excluding hydrogens is 421 g/mol. The third-order valence-electron chi connectivity index (χ3n) is 6.22. The molecule has 1 atom stereocenters. The van der Waals surface area contributed by atoms with E-state index >= 15 is 0 Å². The molecule has 1 aliphatic heterocycles. The Morgan fingerprint density at radius 1 is 1.25 bits per heavy atom. The van der Waals surface area contributed by atoms with Gasteiger partial charge in [0, 0.05) is 27.4 Å². The minimum absolute atomic E-state index is 0.00588. The maximum absolute atomic E-state index is 14.9. The normalized spacial score (nSPS) is 20.4. The number of hydrogen-bond donors (Lipinski definition) is 1. The van der Waals surface area contributed by atoms with E-state index in [1.165, 1.54) is 10.9 Å². The molecule has 4 nitrogen and oxygen atoms in total. The quantitative estimate of drug-likeness (QED) is 0.592. The summed E-state index contributed by atoms with van der Waals surface area (Å²) in [6, 6.07) is 12.7. The number of thiophene rings is 1. The molecule has 32 heavy (non-hydrogen) atoms. The smallest absolute Gasteiger partial charge is 0.162 e. The third-order valence-corrected chi connectivity index (χ3v) is 7.43. The lowest BCUT2D eigenvalue weighted by Gasteiger charge is -2.43. The average molecular weight is 450 g/mol. The van der Waals surface area contributed by atoms with Crippen LogP contribution in [-0.2, 0) is 11.2 Å². The highest BCUT2D eigenvalue weighted by Crippen LogP contribution is 2.51. The van der Waals surface area contributed by atoms with Crippen LogP contribution in [0, 0.1) is 22.6 Å². The zero-order chi connectivity index (χ0) is 23.0. The Morgan fingerprint density at radius 2 is 2.00 bits per heavy atom. The van der Waals surface area contributed by atoms with E-state index in [4.69, 9.17) is 5.73 Å². The number of hydrogen-bond acceptors (Lipinski definition) is 5. The van der Waals surface area contributed by atoms with Crippen molar-refractivity contribution in [2.45, 2.75) is 58.8 Å². The first-order valence-electron chi connectivity index (χ1n) is 11.1. The summed E-state index contributed by atoms with van der Waals surface area (Å²) in [4.78, 5) is 17.3. The predicted octanol–water partition coefficient (Wildman–Crippen LogP) is 6.17. The number of nitrogens with zero attached hydrogens (tertiary/aromatic N) is 2. The Balaban J connectivity index is 1.93. The van der Waals surface area contributed by atoms with Crippen molar-refractivity contribution in [2.75, 3.05) is 4.90 Å². The van der Waals surface area contributed by atoms with Crippen molar-refractivity contribution in [1.82, 2.24) is 0 Å². The van der Waals surface area contributed by atoms with E-state index in [0.717, 1.165) is 24.1 Å². The van der Waals surface area contributed by atoms with Crippen molar-refractivity contribution in [1.29, 1.82) is 5.26 Å². The van der Waals surface area contributed by atoms with Gasteiger partial charge in [-0.3, -0.25) is 9.69 Å². The summed E-state index contributed by atoms with van der Waals surface area (Å²) < 4.78 is 14.9. The highest BCUT2D eigenvalue weighted by molar-refractivity contribution is 7.12. The maximum atomic E-state index is 14.9. The number of nitrogens with two attached hydrogens (primary N) is 1. The first-order chi connectivity index (χ1) is 15.3. The lowest BCUT2D eigenvalue weighted by molar-refractivity contribution is -0.118. The van der Waals surface area contributed by atoms with Crippen molar-refractivity contribution < 1.29 is 9.18 Å². The van der Waals surface area contributed by atoms with Crippen LogP contribution in [0.3, 0.4) is 0 Å². The molecule has 2 aromatic rings. The summed E-state index contributed by atoms with van der Waals surface area (Å²) in [5.41, 5.74) is 8.16. The number of anilines is 1. The van der Waals surface area contributed by atoms with Gasteiger partial charge in [0.25, 0.3) is 0 Å². The van der Waals surface area contributed by atoms with Gasteiger partial charge < -0.3 is 5.73 Å².